The Morgan fingerprint density at radius 2 is 2.00 bits per heavy atom. The molecule has 0 bridgehead atoms. The molecule has 0 aromatic heterocycles. The van der Waals surface area contributed by atoms with Gasteiger partial charge in [0.1, 0.15) is 0 Å². The summed E-state index contributed by atoms with van der Waals surface area (Å²) in [5.74, 6) is 2.43. The molecule has 0 radical (unpaired) electrons. The van der Waals surface area contributed by atoms with Crippen LogP contribution in [0.2, 0.25) is 0 Å². The molecule has 0 saturated heterocycles. The average Bonchev–Trinajstić information content (AvgIpc) is 2.90. The highest BCUT2D eigenvalue weighted by Crippen LogP contribution is 2.36. The molecule has 0 heterocycles. The van der Waals surface area contributed by atoms with E-state index in [-0.39, 0.29) is 11.9 Å². The summed E-state index contributed by atoms with van der Waals surface area (Å²) < 4.78 is 0. The first-order chi connectivity index (χ1) is 7.50. The number of hydrogen-bond acceptors (Lipinski definition) is 2. The van der Waals surface area contributed by atoms with E-state index in [2.05, 4.69) is 31.4 Å². The molecule has 94 valence electrons. The molecule has 0 aromatic rings. The molecule has 3 nitrogen and oxygen atoms in total. The molecule has 1 amide bonds. The van der Waals surface area contributed by atoms with Gasteiger partial charge in [-0.15, -0.1) is 0 Å². The van der Waals surface area contributed by atoms with Crippen LogP contribution in [0.3, 0.4) is 0 Å². The summed E-state index contributed by atoms with van der Waals surface area (Å²) in [6, 6.07) is -0.0556. The SMILES string of the molecule is CC(C)CCNC(=O)C(C)NCC1CC1C. The number of carbonyl (C=O) groups excluding carboxylic acids is 1. The second-order valence-corrected chi connectivity index (χ2v) is 5.58. The Hall–Kier alpha value is -0.570. The van der Waals surface area contributed by atoms with Gasteiger partial charge in [0, 0.05) is 6.54 Å². The highest BCUT2D eigenvalue weighted by atomic mass is 16.2. The van der Waals surface area contributed by atoms with Gasteiger partial charge < -0.3 is 10.6 Å². The normalized spacial score (nSPS) is 25.6. The van der Waals surface area contributed by atoms with Gasteiger partial charge in [-0.25, -0.2) is 0 Å². The van der Waals surface area contributed by atoms with E-state index >= 15 is 0 Å². The Bertz CT molecular complexity index is 228. The van der Waals surface area contributed by atoms with Crippen molar-refractivity contribution < 1.29 is 4.79 Å². The number of amides is 1. The summed E-state index contributed by atoms with van der Waals surface area (Å²) in [7, 11) is 0. The predicted molar refractivity (Wildman–Crippen MR) is 67.2 cm³/mol. The molecule has 1 fully saturated rings. The van der Waals surface area contributed by atoms with Gasteiger partial charge in [-0.3, -0.25) is 4.79 Å². The third kappa shape index (κ3) is 4.97. The third-order valence-corrected chi connectivity index (χ3v) is 3.38. The van der Waals surface area contributed by atoms with Gasteiger partial charge in [-0.05, 0) is 44.1 Å². The molecule has 1 aliphatic carbocycles. The fourth-order valence-corrected chi connectivity index (χ4v) is 1.74. The van der Waals surface area contributed by atoms with Gasteiger partial charge in [0.05, 0.1) is 6.04 Å². The molecule has 0 aromatic carbocycles. The van der Waals surface area contributed by atoms with E-state index in [1.807, 2.05) is 6.92 Å². The lowest BCUT2D eigenvalue weighted by molar-refractivity contribution is -0.122. The van der Waals surface area contributed by atoms with Gasteiger partial charge in [0.2, 0.25) is 5.91 Å². The van der Waals surface area contributed by atoms with E-state index in [0.717, 1.165) is 31.3 Å². The maximum absolute atomic E-state index is 11.7. The molecular weight excluding hydrogens is 200 g/mol. The van der Waals surface area contributed by atoms with E-state index in [0.29, 0.717) is 5.92 Å². The van der Waals surface area contributed by atoms with Crippen molar-refractivity contribution in [2.24, 2.45) is 17.8 Å². The highest BCUT2D eigenvalue weighted by molar-refractivity contribution is 5.81. The molecule has 2 N–H and O–H groups in total. The largest absolute Gasteiger partial charge is 0.355 e. The standard InChI is InChI=1S/C13H26N2O/c1-9(2)5-6-14-13(16)11(4)15-8-12-7-10(12)3/h9-12,15H,5-8H2,1-4H3,(H,14,16). The summed E-state index contributed by atoms with van der Waals surface area (Å²) in [4.78, 5) is 11.7. The summed E-state index contributed by atoms with van der Waals surface area (Å²) in [6.45, 7) is 10.3. The van der Waals surface area contributed by atoms with Crippen molar-refractivity contribution >= 4 is 5.91 Å². The van der Waals surface area contributed by atoms with E-state index in [1.165, 1.54) is 6.42 Å². The molecule has 0 aliphatic heterocycles. The van der Waals surface area contributed by atoms with E-state index in [9.17, 15) is 4.79 Å². The summed E-state index contributed by atoms with van der Waals surface area (Å²) in [5.41, 5.74) is 0. The minimum Gasteiger partial charge on any atom is -0.355 e. The Morgan fingerprint density at radius 1 is 1.38 bits per heavy atom. The van der Waals surface area contributed by atoms with Gasteiger partial charge in [-0.1, -0.05) is 20.8 Å². The minimum atomic E-state index is -0.0556. The zero-order valence-electron chi connectivity index (χ0n) is 11.0. The van der Waals surface area contributed by atoms with E-state index in [1.54, 1.807) is 0 Å². The fraction of sp³-hybridized carbons (Fsp3) is 0.923. The first-order valence-corrected chi connectivity index (χ1v) is 6.51. The van der Waals surface area contributed by atoms with Crippen LogP contribution in [0.1, 0.15) is 40.5 Å². The van der Waals surface area contributed by atoms with Gasteiger partial charge in [-0.2, -0.15) is 0 Å². The number of carbonyl (C=O) groups is 1. The number of hydrogen-bond donors (Lipinski definition) is 2. The molecular formula is C13H26N2O. The topological polar surface area (TPSA) is 41.1 Å². The summed E-state index contributed by atoms with van der Waals surface area (Å²) in [6.07, 6.45) is 2.37. The van der Waals surface area contributed by atoms with Crippen molar-refractivity contribution in [3.05, 3.63) is 0 Å². The first-order valence-electron chi connectivity index (χ1n) is 6.51. The second kappa shape index (κ2) is 6.24. The van der Waals surface area contributed by atoms with Crippen LogP contribution in [0, 0.1) is 17.8 Å². The molecule has 3 atom stereocenters. The summed E-state index contributed by atoms with van der Waals surface area (Å²) >= 11 is 0. The summed E-state index contributed by atoms with van der Waals surface area (Å²) in [5, 5.41) is 6.27. The first kappa shape index (κ1) is 13.5. The van der Waals surface area contributed by atoms with Crippen molar-refractivity contribution in [1.82, 2.24) is 10.6 Å². The lowest BCUT2D eigenvalue weighted by atomic mass is 10.1. The molecule has 1 aliphatic rings. The van der Waals surface area contributed by atoms with Crippen LogP contribution in [-0.2, 0) is 4.79 Å². The Kier molecular flexibility index (Phi) is 5.26. The number of rotatable bonds is 7. The van der Waals surface area contributed by atoms with Crippen molar-refractivity contribution in [3.63, 3.8) is 0 Å². The van der Waals surface area contributed by atoms with Gasteiger partial charge in [0.15, 0.2) is 0 Å². The lowest BCUT2D eigenvalue weighted by Crippen LogP contribution is -2.43. The van der Waals surface area contributed by atoms with Crippen LogP contribution in [0.25, 0.3) is 0 Å². The molecule has 1 saturated carbocycles. The van der Waals surface area contributed by atoms with Crippen LogP contribution in [0.15, 0.2) is 0 Å². The Morgan fingerprint density at radius 3 is 2.50 bits per heavy atom. The van der Waals surface area contributed by atoms with Crippen molar-refractivity contribution in [2.75, 3.05) is 13.1 Å². The zero-order chi connectivity index (χ0) is 12.1. The average molecular weight is 226 g/mol. The quantitative estimate of drug-likeness (QED) is 0.695. The smallest absolute Gasteiger partial charge is 0.236 e. The Labute approximate surface area is 99.4 Å². The van der Waals surface area contributed by atoms with Crippen LogP contribution in [0.5, 0.6) is 0 Å². The molecule has 3 unspecified atom stereocenters. The fourth-order valence-electron chi connectivity index (χ4n) is 1.74. The molecule has 16 heavy (non-hydrogen) atoms. The van der Waals surface area contributed by atoms with Crippen LogP contribution in [0.4, 0.5) is 0 Å². The van der Waals surface area contributed by atoms with E-state index in [4.69, 9.17) is 0 Å². The second-order valence-electron chi connectivity index (χ2n) is 5.58. The van der Waals surface area contributed by atoms with Crippen molar-refractivity contribution in [1.29, 1.82) is 0 Å². The third-order valence-electron chi connectivity index (χ3n) is 3.38. The highest BCUT2D eigenvalue weighted by Gasteiger charge is 2.32. The van der Waals surface area contributed by atoms with Crippen LogP contribution < -0.4 is 10.6 Å². The Balaban J connectivity index is 2.05. The monoisotopic (exact) mass is 226 g/mol. The van der Waals surface area contributed by atoms with Gasteiger partial charge in [0.25, 0.3) is 0 Å². The van der Waals surface area contributed by atoms with Crippen molar-refractivity contribution in [3.8, 4) is 0 Å². The maximum atomic E-state index is 11.7. The van der Waals surface area contributed by atoms with E-state index < -0.39 is 0 Å². The number of nitrogens with one attached hydrogen (secondary N) is 2. The van der Waals surface area contributed by atoms with Gasteiger partial charge >= 0.3 is 0 Å². The van der Waals surface area contributed by atoms with Crippen LogP contribution >= 0.6 is 0 Å². The zero-order valence-corrected chi connectivity index (χ0v) is 11.0. The van der Waals surface area contributed by atoms with Crippen LogP contribution in [-0.4, -0.2) is 25.0 Å². The molecule has 1 rings (SSSR count). The maximum Gasteiger partial charge on any atom is 0.236 e. The lowest BCUT2D eigenvalue weighted by Gasteiger charge is -2.14. The van der Waals surface area contributed by atoms with Crippen molar-refractivity contribution in [2.45, 2.75) is 46.6 Å². The predicted octanol–water partition coefficient (Wildman–Crippen LogP) is 1.78. The molecule has 0 spiro atoms. The molecule has 3 heteroatoms. The minimum absolute atomic E-state index is 0.0556.